The Labute approximate surface area is 334 Å². The van der Waals surface area contributed by atoms with Gasteiger partial charge in [-0.05, 0) is 90.2 Å². The highest BCUT2D eigenvalue weighted by Gasteiger charge is 2.63. The quantitative estimate of drug-likeness (QED) is 0.313. The Hall–Kier alpha value is -4.68. The number of rotatable bonds is 8. The zero-order valence-electron chi connectivity index (χ0n) is 32.7. The molecule has 1 aromatic heterocycles. The summed E-state index contributed by atoms with van der Waals surface area (Å²) in [4.78, 5) is 66.5. The number of fused-ring (bicyclic) bond motifs is 3. The Kier molecular flexibility index (Phi) is 11.1. The minimum absolute atomic E-state index is 0.0374. The Bertz CT molecular complexity index is 2110. The van der Waals surface area contributed by atoms with E-state index >= 15 is 0 Å². The lowest BCUT2D eigenvalue weighted by Gasteiger charge is -2.33. The van der Waals surface area contributed by atoms with Crippen LogP contribution in [0.5, 0.6) is 11.6 Å². The highest BCUT2D eigenvalue weighted by atomic mass is 32.2. The van der Waals surface area contributed by atoms with Gasteiger partial charge >= 0.3 is 12.3 Å². The second-order valence-electron chi connectivity index (χ2n) is 16.5. The number of allylic oxidation sites excluding steroid dienone is 1. The number of ether oxygens (including phenoxy) is 3. The van der Waals surface area contributed by atoms with Gasteiger partial charge < -0.3 is 29.7 Å². The number of hydrogen-bond donors (Lipinski definition) is 3. The first-order valence-corrected chi connectivity index (χ1v) is 21.3. The molecule has 19 heteroatoms. The summed E-state index contributed by atoms with van der Waals surface area (Å²) in [5.41, 5.74) is -2.87. The highest BCUT2D eigenvalue weighted by molar-refractivity contribution is 7.91. The molecule has 4 fully saturated rings. The SMILES string of the molecule is COc1ccc2nc(C)c(O[C@@H]3C[C@H]4C(=O)N[C@]5(C(=O)NS(=O)(=O)C6(C)CC6)C[C@H]5/C=C/CCCCC[C@H](NC(=O)OC5(C(F)(F)F)CCCC5)C(=O)N4C3)nc2c1. The van der Waals surface area contributed by atoms with Crippen LogP contribution in [0.1, 0.15) is 96.1 Å². The smallest absolute Gasteiger partial charge is 0.428 e. The summed E-state index contributed by atoms with van der Waals surface area (Å²) >= 11 is 0. The van der Waals surface area contributed by atoms with Gasteiger partial charge in [0.2, 0.25) is 33.3 Å². The Balaban J connectivity index is 1.19. The van der Waals surface area contributed by atoms with Gasteiger partial charge in [-0.2, -0.15) is 13.2 Å². The largest absolute Gasteiger partial charge is 0.497 e. The maximum atomic E-state index is 14.6. The molecule has 5 atom stereocenters. The minimum Gasteiger partial charge on any atom is -0.497 e. The van der Waals surface area contributed by atoms with E-state index in [4.69, 9.17) is 14.2 Å². The van der Waals surface area contributed by atoms with Crippen LogP contribution in [-0.4, -0.2) is 101 Å². The molecule has 5 aliphatic rings. The third-order valence-electron chi connectivity index (χ3n) is 12.3. The molecule has 3 saturated carbocycles. The molecule has 4 amide bonds. The van der Waals surface area contributed by atoms with Crippen molar-refractivity contribution in [2.45, 2.75) is 138 Å². The van der Waals surface area contributed by atoms with Gasteiger partial charge in [-0.25, -0.2) is 23.2 Å². The lowest BCUT2D eigenvalue weighted by atomic mass is 10.0. The van der Waals surface area contributed by atoms with Crippen LogP contribution in [0.2, 0.25) is 0 Å². The number of carbonyl (C=O) groups is 4. The van der Waals surface area contributed by atoms with Gasteiger partial charge in [-0.15, -0.1) is 0 Å². The van der Waals surface area contributed by atoms with Crippen LogP contribution in [-0.2, 0) is 29.1 Å². The number of aromatic nitrogens is 2. The molecule has 58 heavy (non-hydrogen) atoms. The number of alkyl halides is 3. The predicted octanol–water partition coefficient (Wildman–Crippen LogP) is 4.66. The molecule has 0 spiro atoms. The Morgan fingerprint density at radius 2 is 1.76 bits per heavy atom. The first-order valence-electron chi connectivity index (χ1n) is 19.8. The fraction of sp³-hybridized carbons (Fsp3) is 0.641. The molecule has 0 radical (unpaired) electrons. The van der Waals surface area contributed by atoms with Crippen LogP contribution >= 0.6 is 0 Å². The number of benzene rings is 1. The number of hydrogen-bond acceptors (Lipinski definition) is 11. The summed E-state index contributed by atoms with van der Waals surface area (Å²) in [6, 6.07) is 2.45. The standard InChI is InChI=1S/C39H49F3N6O9S/c1-23-32(44-29-19-25(55-3)13-14-27(29)43-23)56-26-20-30-31(49)46-38(34(51)47-58(53,54)36(2)17-18-36)21-24(38)11-7-5-4-6-8-12-28(33(50)48(30)22-26)45-35(52)57-37(39(40,41)42)15-9-10-16-37/h7,11,13-14,19,24,26,28,30H,4-6,8-10,12,15-18,20-22H2,1-3H3,(H,45,52)(H,46,49)(H,47,51)/b11-7+/t24-,26-,28+,30+,38-/m1/s1. The van der Waals surface area contributed by atoms with Crippen molar-refractivity contribution in [2.75, 3.05) is 13.7 Å². The molecule has 3 heterocycles. The normalized spacial score (nSPS) is 28.8. The molecule has 7 rings (SSSR count). The van der Waals surface area contributed by atoms with E-state index < -0.39 is 92.8 Å². The second-order valence-corrected chi connectivity index (χ2v) is 18.7. The van der Waals surface area contributed by atoms with Crippen molar-refractivity contribution in [3.63, 3.8) is 0 Å². The van der Waals surface area contributed by atoms with Crippen molar-refractivity contribution in [2.24, 2.45) is 5.92 Å². The summed E-state index contributed by atoms with van der Waals surface area (Å²) < 4.78 is 86.7. The van der Waals surface area contributed by atoms with E-state index in [1.807, 2.05) is 6.08 Å². The predicted molar refractivity (Wildman–Crippen MR) is 202 cm³/mol. The van der Waals surface area contributed by atoms with Gasteiger partial charge in [0.05, 0.1) is 29.4 Å². The molecule has 3 N–H and O–H groups in total. The molecule has 1 saturated heterocycles. The van der Waals surface area contributed by atoms with E-state index in [2.05, 4.69) is 25.3 Å². The molecule has 2 aliphatic heterocycles. The van der Waals surface area contributed by atoms with Crippen molar-refractivity contribution in [1.82, 2.24) is 30.2 Å². The van der Waals surface area contributed by atoms with Crippen LogP contribution in [0.4, 0.5) is 18.0 Å². The lowest BCUT2D eigenvalue weighted by molar-refractivity contribution is -0.255. The summed E-state index contributed by atoms with van der Waals surface area (Å²) in [5, 5.41) is 5.19. The van der Waals surface area contributed by atoms with Crippen LogP contribution in [0, 0.1) is 12.8 Å². The molecule has 316 valence electrons. The van der Waals surface area contributed by atoms with E-state index in [1.54, 1.807) is 31.2 Å². The topological polar surface area (TPSA) is 195 Å². The fourth-order valence-electron chi connectivity index (χ4n) is 8.19. The number of nitrogens with zero attached hydrogens (tertiary/aromatic N) is 3. The number of nitrogens with one attached hydrogen (secondary N) is 3. The number of alkyl carbamates (subject to hydrolysis) is 1. The monoisotopic (exact) mass is 834 g/mol. The molecule has 0 unspecified atom stereocenters. The van der Waals surface area contributed by atoms with Gasteiger partial charge in [0.25, 0.3) is 5.91 Å². The summed E-state index contributed by atoms with van der Waals surface area (Å²) in [6.45, 7) is 3.01. The van der Waals surface area contributed by atoms with Gasteiger partial charge in [-0.3, -0.25) is 19.1 Å². The molecule has 2 aromatic rings. The van der Waals surface area contributed by atoms with Crippen molar-refractivity contribution in [1.29, 1.82) is 0 Å². The van der Waals surface area contributed by atoms with Crippen LogP contribution < -0.4 is 24.8 Å². The van der Waals surface area contributed by atoms with Crippen molar-refractivity contribution < 1.29 is 55.0 Å². The van der Waals surface area contributed by atoms with E-state index in [9.17, 15) is 40.8 Å². The number of methoxy groups -OCH3 is 1. The molecule has 0 bridgehead atoms. The summed E-state index contributed by atoms with van der Waals surface area (Å²) in [7, 11) is -2.56. The molecular formula is C39H49F3N6O9S. The average molecular weight is 835 g/mol. The number of carbonyl (C=O) groups excluding carboxylic acids is 4. The van der Waals surface area contributed by atoms with Crippen LogP contribution in [0.25, 0.3) is 11.0 Å². The van der Waals surface area contributed by atoms with Crippen molar-refractivity contribution in [3.8, 4) is 11.6 Å². The van der Waals surface area contributed by atoms with Crippen molar-refractivity contribution in [3.05, 3.63) is 36.0 Å². The van der Waals surface area contributed by atoms with E-state index in [1.165, 1.54) is 18.9 Å². The Morgan fingerprint density at radius 3 is 2.45 bits per heavy atom. The molecular weight excluding hydrogens is 786 g/mol. The van der Waals surface area contributed by atoms with Crippen LogP contribution in [0.3, 0.4) is 0 Å². The lowest BCUT2D eigenvalue weighted by Crippen LogP contribution is -2.59. The third kappa shape index (κ3) is 8.14. The van der Waals surface area contributed by atoms with Crippen molar-refractivity contribution >= 4 is 44.9 Å². The van der Waals surface area contributed by atoms with E-state index in [0.29, 0.717) is 61.0 Å². The number of aryl methyl sites for hydroxylation is 1. The zero-order chi connectivity index (χ0) is 41.7. The van der Waals surface area contributed by atoms with Gasteiger partial charge in [0, 0.05) is 18.4 Å². The number of sulfonamides is 1. The zero-order valence-corrected chi connectivity index (χ0v) is 33.5. The maximum absolute atomic E-state index is 14.6. The minimum atomic E-state index is -4.82. The first-order chi connectivity index (χ1) is 27.4. The van der Waals surface area contributed by atoms with E-state index in [0.717, 1.165) is 0 Å². The van der Waals surface area contributed by atoms with Gasteiger partial charge in [0.1, 0.15) is 35.2 Å². The number of amides is 4. The maximum Gasteiger partial charge on any atom is 0.428 e. The summed E-state index contributed by atoms with van der Waals surface area (Å²) in [6.07, 6.45) is -0.817. The van der Waals surface area contributed by atoms with Gasteiger partial charge in [-0.1, -0.05) is 25.0 Å². The van der Waals surface area contributed by atoms with E-state index in [-0.39, 0.29) is 44.5 Å². The highest BCUT2D eigenvalue weighted by Crippen LogP contribution is 2.48. The summed E-state index contributed by atoms with van der Waals surface area (Å²) in [5.74, 6) is -2.30. The number of halogens is 3. The average Bonchev–Trinajstić information content (AvgIpc) is 3.94. The first kappa shape index (κ1) is 41.5. The van der Waals surface area contributed by atoms with Gasteiger partial charge in [0.15, 0.2) is 0 Å². The molecule has 15 nitrogen and oxygen atoms in total. The molecule has 1 aromatic carbocycles. The molecule has 3 aliphatic carbocycles. The second kappa shape index (κ2) is 15.5. The third-order valence-corrected chi connectivity index (χ3v) is 14.4. The fourth-order valence-corrected chi connectivity index (χ4v) is 9.50. The Morgan fingerprint density at radius 1 is 1.02 bits per heavy atom. The van der Waals surface area contributed by atoms with Crippen LogP contribution in [0.15, 0.2) is 30.4 Å².